The fourth-order valence-electron chi connectivity index (χ4n) is 15.7. The zero-order valence-corrected chi connectivity index (χ0v) is 12.8. The molecule has 0 N–H and O–H groups in total. The van der Waals surface area contributed by atoms with Gasteiger partial charge in [0.2, 0.25) is 0 Å². The molecule has 9 saturated carbocycles. The molecule has 0 saturated heterocycles. The van der Waals surface area contributed by atoms with Crippen molar-refractivity contribution in [3.05, 3.63) is 0 Å². The lowest BCUT2D eigenvalue weighted by molar-refractivity contribution is -0.726. The first kappa shape index (κ1) is 9.33. The molecule has 0 atom stereocenters. The number of hydrogen-bond acceptors (Lipinski definition) is 0. The molecule has 0 aromatic rings. The van der Waals surface area contributed by atoms with E-state index in [4.69, 9.17) is 0 Å². The Balaban J connectivity index is 1.44. The Morgan fingerprint density at radius 1 is 0.333 bits per heavy atom. The molecule has 9 fully saturated rings. The molecule has 0 heterocycles. The molecule has 0 spiro atoms. The molecule has 0 amide bonds. The Morgan fingerprint density at radius 2 is 0.524 bits per heavy atom. The van der Waals surface area contributed by atoms with Crippen molar-refractivity contribution < 1.29 is 0 Å². The van der Waals surface area contributed by atoms with E-state index >= 15 is 0 Å². The average Bonchev–Trinajstić information content (AvgIpc) is 2.83. The lowest BCUT2D eigenvalue weighted by Gasteiger charge is -3.18. The van der Waals surface area contributed by atoms with Gasteiger partial charge in [-0.15, -0.1) is 0 Å². The van der Waals surface area contributed by atoms with Gasteiger partial charge in [0.05, 0.1) is 0 Å². The van der Waals surface area contributed by atoms with Crippen molar-refractivity contribution in [1.29, 1.82) is 0 Å². The second-order valence-corrected chi connectivity index (χ2v) is 11.7. The van der Waals surface area contributed by atoms with Crippen LogP contribution >= 0.6 is 0 Å². The molecule has 0 aromatic heterocycles. The van der Waals surface area contributed by atoms with Crippen molar-refractivity contribution in [2.24, 2.45) is 68.0 Å². The quantitative estimate of drug-likeness (QED) is 0.620. The first-order valence-corrected chi connectivity index (χ1v) is 10.3. The maximum absolute atomic E-state index is 1.71. The monoisotopic (exact) mass is 276 g/mol. The van der Waals surface area contributed by atoms with Gasteiger partial charge in [-0.05, 0) is 107 Å². The summed E-state index contributed by atoms with van der Waals surface area (Å²) in [6.07, 6.45) is 15.2. The maximum atomic E-state index is 1.71. The normalized spacial score (nSPS) is 96.0. The molecular weight excluding hydrogens is 252 g/mol. The molecule has 0 heteroatoms. The van der Waals surface area contributed by atoms with E-state index in [1.165, 1.54) is 35.5 Å². The van der Waals surface area contributed by atoms with Gasteiger partial charge >= 0.3 is 0 Å². The van der Waals surface area contributed by atoms with Crippen LogP contribution in [0.15, 0.2) is 0 Å². The predicted molar refractivity (Wildman–Crippen MR) is 77.1 cm³/mol. The second kappa shape index (κ2) is 1.82. The smallest absolute Gasteiger partial charge is 0.0161 e. The van der Waals surface area contributed by atoms with Gasteiger partial charge in [0.15, 0.2) is 0 Å². The third-order valence-corrected chi connectivity index (χ3v) is 13.8. The summed E-state index contributed by atoms with van der Waals surface area (Å²) >= 11 is 0. The largest absolute Gasteiger partial charge is 0.0522 e. The SMILES string of the molecule is C1CC23C4C5C2(C1)C1C3C23CCCC12C1C3C42CCCC512. The van der Waals surface area contributed by atoms with Gasteiger partial charge in [-0.1, -0.05) is 19.3 Å². The average molecular weight is 276 g/mol. The van der Waals surface area contributed by atoms with Crippen molar-refractivity contribution in [1.82, 2.24) is 0 Å². The Bertz CT molecular complexity index is 557. The van der Waals surface area contributed by atoms with Crippen molar-refractivity contribution in [3.8, 4) is 0 Å². The molecule has 108 valence electrons. The maximum Gasteiger partial charge on any atom is -0.0161 e. The van der Waals surface area contributed by atoms with E-state index in [0.29, 0.717) is 0 Å². The van der Waals surface area contributed by atoms with Crippen LogP contribution in [0.1, 0.15) is 57.8 Å². The van der Waals surface area contributed by atoms with Crippen LogP contribution in [-0.4, -0.2) is 0 Å². The number of fused-ring (bicyclic) bond motifs is 3. The standard InChI is InChI=1S/C21H24/c1-4-16-10-11-17(16,5-1)13-12(16)20-8-3-9-21(13,20)15-14(20)18(10)6-2-7-19(11,15)18/h10-15H,1-9H2. The Hall–Kier alpha value is 0. The number of rotatable bonds is 0. The molecule has 0 bridgehead atoms. The molecule has 9 rings (SSSR count). The van der Waals surface area contributed by atoms with Crippen LogP contribution in [0.3, 0.4) is 0 Å². The van der Waals surface area contributed by atoms with Crippen LogP contribution in [0.4, 0.5) is 0 Å². The van der Waals surface area contributed by atoms with Crippen molar-refractivity contribution in [2.75, 3.05) is 0 Å². The summed E-state index contributed by atoms with van der Waals surface area (Å²) in [4.78, 5) is 0. The van der Waals surface area contributed by atoms with Crippen molar-refractivity contribution >= 4 is 0 Å². The van der Waals surface area contributed by atoms with E-state index in [-0.39, 0.29) is 0 Å². The van der Waals surface area contributed by atoms with E-state index in [0.717, 1.165) is 32.5 Å². The lowest BCUT2D eigenvalue weighted by Crippen LogP contribution is -3.16. The molecule has 9 aliphatic carbocycles. The lowest BCUT2D eigenvalue weighted by atomic mass is 8.85. The van der Waals surface area contributed by atoms with Crippen LogP contribution in [-0.2, 0) is 0 Å². The molecule has 21 heavy (non-hydrogen) atoms. The van der Waals surface area contributed by atoms with Crippen LogP contribution in [0, 0.1) is 68.0 Å². The van der Waals surface area contributed by atoms with E-state index in [1.807, 2.05) is 0 Å². The van der Waals surface area contributed by atoms with Gasteiger partial charge in [0, 0.05) is 0 Å². The van der Waals surface area contributed by atoms with Gasteiger partial charge in [0.1, 0.15) is 0 Å². The Kier molecular flexibility index (Phi) is 0.808. The molecular formula is C21H24. The summed E-state index contributed by atoms with van der Waals surface area (Å²) in [5.74, 6) is 7.84. The predicted octanol–water partition coefficient (Wildman–Crippen LogP) is 4.25. The summed E-state index contributed by atoms with van der Waals surface area (Å²) in [6.45, 7) is 0. The van der Waals surface area contributed by atoms with E-state index in [9.17, 15) is 0 Å². The van der Waals surface area contributed by atoms with Crippen LogP contribution in [0.2, 0.25) is 0 Å². The second-order valence-electron chi connectivity index (χ2n) is 11.7. The topological polar surface area (TPSA) is 0 Å². The summed E-state index contributed by atoms with van der Waals surface area (Å²) in [6, 6.07) is 0. The summed E-state index contributed by atoms with van der Waals surface area (Å²) in [5.41, 5.74) is 5.95. The molecule has 0 aliphatic heterocycles. The Labute approximate surface area is 126 Å². The van der Waals surface area contributed by atoms with Crippen LogP contribution in [0.5, 0.6) is 0 Å². The summed E-state index contributed by atoms with van der Waals surface area (Å²) in [5, 5.41) is 0. The Morgan fingerprint density at radius 3 is 0.714 bits per heavy atom. The first-order valence-electron chi connectivity index (χ1n) is 10.3. The van der Waals surface area contributed by atoms with Gasteiger partial charge in [-0.3, -0.25) is 0 Å². The minimum atomic E-state index is 0.992. The van der Waals surface area contributed by atoms with Crippen molar-refractivity contribution in [2.45, 2.75) is 57.8 Å². The van der Waals surface area contributed by atoms with Gasteiger partial charge in [-0.25, -0.2) is 0 Å². The fourth-order valence-corrected chi connectivity index (χ4v) is 15.7. The molecule has 0 unspecified atom stereocenters. The van der Waals surface area contributed by atoms with Gasteiger partial charge in [-0.2, -0.15) is 0 Å². The number of hydrogen-bond donors (Lipinski definition) is 0. The molecule has 0 radical (unpaired) electrons. The highest BCUT2D eigenvalue weighted by molar-refractivity contribution is 5.66. The summed E-state index contributed by atoms with van der Waals surface area (Å²) in [7, 11) is 0. The fraction of sp³-hybridized carbons (Fsp3) is 1.00. The minimum absolute atomic E-state index is 0.992. The third kappa shape index (κ3) is 0.356. The molecule has 9 aliphatic rings. The highest BCUT2D eigenvalue weighted by Gasteiger charge is 3.19. The molecule has 0 nitrogen and oxygen atoms in total. The molecule has 0 aromatic carbocycles. The van der Waals surface area contributed by atoms with Gasteiger partial charge < -0.3 is 0 Å². The third-order valence-electron chi connectivity index (χ3n) is 13.8. The highest BCUT2D eigenvalue weighted by Crippen LogP contribution is 3.23. The van der Waals surface area contributed by atoms with Gasteiger partial charge in [0.25, 0.3) is 0 Å². The van der Waals surface area contributed by atoms with Crippen LogP contribution < -0.4 is 0 Å². The van der Waals surface area contributed by atoms with E-state index in [2.05, 4.69) is 0 Å². The van der Waals surface area contributed by atoms with Crippen LogP contribution in [0.25, 0.3) is 0 Å². The van der Waals surface area contributed by atoms with E-state index < -0.39 is 0 Å². The summed E-state index contributed by atoms with van der Waals surface area (Å²) < 4.78 is 0. The zero-order valence-electron chi connectivity index (χ0n) is 12.8. The highest BCUT2D eigenvalue weighted by atomic mass is 15.2. The zero-order chi connectivity index (χ0) is 12.8. The first-order chi connectivity index (χ1) is 10.3. The van der Waals surface area contributed by atoms with Crippen molar-refractivity contribution in [3.63, 3.8) is 0 Å². The van der Waals surface area contributed by atoms with E-state index in [1.54, 1.807) is 57.8 Å². The minimum Gasteiger partial charge on any atom is -0.0522 e.